The van der Waals surface area contributed by atoms with Gasteiger partial charge in [-0.2, -0.15) is 0 Å². The Balaban J connectivity index is 1.41. The molecule has 1 fully saturated rings. The van der Waals surface area contributed by atoms with Crippen LogP contribution in [0.25, 0.3) is 10.9 Å². The molecular formula is C20H18FN3O2. The predicted molar refractivity (Wildman–Crippen MR) is 96.0 cm³/mol. The summed E-state index contributed by atoms with van der Waals surface area (Å²) in [6, 6.07) is 13.3. The van der Waals surface area contributed by atoms with Gasteiger partial charge in [0.25, 0.3) is 5.91 Å². The highest BCUT2D eigenvalue weighted by atomic mass is 19.1. The highest BCUT2D eigenvalue weighted by Gasteiger charge is 2.30. The van der Waals surface area contributed by atoms with E-state index in [9.17, 15) is 14.0 Å². The lowest BCUT2D eigenvalue weighted by Crippen LogP contribution is -2.37. The molecule has 0 aliphatic carbocycles. The Morgan fingerprint density at radius 1 is 1.23 bits per heavy atom. The molecule has 2 aromatic carbocycles. The van der Waals surface area contributed by atoms with Crippen LogP contribution in [0.4, 0.5) is 4.39 Å². The summed E-state index contributed by atoms with van der Waals surface area (Å²) in [7, 11) is 0. The van der Waals surface area contributed by atoms with Crippen molar-refractivity contribution >= 4 is 22.7 Å². The number of likely N-dealkylation sites (tertiary alicyclic amines) is 1. The van der Waals surface area contributed by atoms with E-state index < -0.39 is 0 Å². The van der Waals surface area contributed by atoms with Crippen LogP contribution in [-0.2, 0) is 11.3 Å². The van der Waals surface area contributed by atoms with Crippen molar-refractivity contribution in [2.45, 2.75) is 19.0 Å². The first-order valence-electron chi connectivity index (χ1n) is 8.49. The molecule has 0 bridgehead atoms. The number of hydrogen-bond acceptors (Lipinski definition) is 2. The highest BCUT2D eigenvalue weighted by molar-refractivity contribution is 5.98. The number of aromatic amines is 1. The summed E-state index contributed by atoms with van der Waals surface area (Å²) in [4.78, 5) is 29.4. The zero-order chi connectivity index (χ0) is 18.1. The minimum atomic E-state index is -0.320. The number of nitrogens with one attached hydrogen (secondary N) is 2. The normalized spacial score (nSPS) is 17.0. The molecule has 0 spiro atoms. The Bertz CT molecular complexity index is 982. The van der Waals surface area contributed by atoms with E-state index in [0.717, 1.165) is 16.5 Å². The van der Waals surface area contributed by atoms with Crippen LogP contribution in [0.5, 0.6) is 0 Å². The van der Waals surface area contributed by atoms with Crippen molar-refractivity contribution in [3.05, 3.63) is 71.7 Å². The summed E-state index contributed by atoms with van der Waals surface area (Å²) in [5, 5.41) is 3.89. The summed E-state index contributed by atoms with van der Waals surface area (Å²) < 4.78 is 13.3. The van der Waals surface area contributed by atoms with Crippen LogP contribution in [-0.4, -0.2) is 34.3 Å². The average Bonchev–Trinajstić information content (AvgIpc) is 3.21. The van der Waals surface area contributed by atoms with E-state index in [0.29, 0.717) is 18.7 Å². The van der Waals surface area contributed by atoms with Crippen LogP contribution < -0.4 is 5.32 Å². The number of carbonyl (C=O) groups is 2. The number of benzene rings is 2. The molecule has 1 atom stereocenters. The van der Waals surface area contributed by atoms with Crippen molar-refractivity contribution < 1.29 is 14.0 Å². The first-order chi connectivity index (χ1) is 12.6. The third kappa shape index (κ3) is 3.31. The minimum Gasteiger partial charge on any atom is -0.361 e. The van der Waals surface area contributed by atoms with Gasteiger partial charge in [0, 0.05) is 42.2 Å². The maximum Gasteiger partial charge on any atom is 0.251 e. The van der Waals surface area contributed by atoms with E-state index in [-0.39, 0.29) is 30.1 Å². The van der Waals surface area contributed by atoms with Crippen LogP contribution in [0.15, 0.2) is 54.7 Å². The van der Waals surface area contributed by atoms with Gasteiger partial charge in [-0.3, -0.25) is 9.59 Å². The van der Waals surface area contributed by atoms with E-state index in [4.69, 9.17) is 0 Å². The molecule has 1 unspecified atom stereocenters. The average molecular weight is 351 g/mol. The summed E-state index contributed by atoms with van der Waals surface area (Å²) >= 11 is 0. The Kier molecular flexibility index (Phi) is 4.16. The number of hydrogen-bond donors (Lipinski definition) is 2. The summed E-state index contributed by atoms with van der Waals surface area (Å²) in [5.41, 5.74) is 2.27. The first kappa shape index (κ1) is 16.3. The predicted octanol–water partition coefficient (Wildman–Crippen LogP) is 2.84. The molecule has 1 aliphatic rings. The van der Waals surface area contributed by atoms with Gasteiger partial charge >= 0.3 is 0 Å². The fraction of sp³-hybridized carbons (Fsp3) is 0.200. The molecule has 5 nitrogen and oxygen atoms in total. The van der Waals surface area contributed by atoms with Gasteiger partial charge in [-0.1, -0.05) is 12.1 Å². The molecule has 1 aromatic heterocycles. The summed E-state index contributed by atoms with van der Waals surface area (Å²) in [6.45, 7) is 0.770. The number of H-pyrrole nitrogens is 1. The molecule has 1 aliphatic heterocycles. The van der Waals surface area contributed by atoms with Crippen LogP contribution in [0.2, 0.25) is 0 Å². The van der Waals surface area contributed by atoms with Crippen molar-refractivity contribution in [3.63, 3.8) is 0 Å². The van der Waals surface area contributed by atoms with E-state index in [1.54, 1.807) is 23.1 Å². The quantitative estimate of drug-likeness (QED) is 0.759. The molecule has 6 heteroatoms. The van der Waals surface area contributed by atoms with Gasteiger partial charge < -0.3 is 15.2 Å². The van der Waals surface area contributed by atoms with Crippen LogP contribution in [0, 0.1) is 5.82 Å². The number of carbonyl (C=O) groups excluding carboxylic acids is 2. The van der Waals surface area contributed by atoms with E-state index in [2.05, 4.69) is 10.3 Å². The topological polar surface area (TPSA) is 65.2 Å². The number of aromatic nitrogens is 1. The Morgan fingerprint density at radius 2 is 2.12 bits per heavy atom. The van der Waals surface area contributed by atoms with Crippen molar-refractivity contribution in [1.29, 1.82) is 0 Å². The third-order valence-electron chi connectivity index (χ3n) is 4.63. The first-order valence-corrected chi connectivity index (χ1v) is 8.49. The number of fused-ring (bicyclic) bond motifs is 1. The van der Waals surface area contributed by atoms with Gasteiger partial charge in [0.15, 0.2) is 0 Å². The molecule has 132 valence electrons. The molecule has 3 aromatic rings. The second-order valence-electron chi connectivity index (χ2n) is 6.56. The lowest BCUT2D eigenvalue weighted by atomic mass is 10.1. The van der Waals surface area contributed by atoms with E-state index in [1.165, 1.54) is 12.1 Å². The van der Waals surface area contributed by atoms with Gasteiger partial charge in [-0.25, -0.2) is 4.39 Å². The molecule has 4 rings (SSSR count). The SMILES string of the molecule is O=C(NC1CC(=O)N(Cc2cccc(F)c2)C1)c1ccc2[nH]ccc2c1. The van der Waals surface area contributed by atoms with Crippen molar-refractivity contribution in [1.82, 2.24) is 15.2 Å². The second-order valence-corrected chi connectivity index (χ2v) is 6.56. The van der Waals surface area contributed by atoms with Crippen LogP contribution in [0.3, 0.4) is 0 Å². The zero-order valence-electron chi connectivity index (χ0n) is 14.0. The summed E-state index contributed by atoms with van der Waals surface area (Å²) in [6.07, 6.45) is 2.08. The molecule has 0 saturated carbocycles. The van der Waals surface area contributed by atoms with Gasteiger partial charge in [0.1, 0.15) is 5.82 Å². The minimum absolute atomic E-state index is 0.0411. The van der Waals surface area contributed by atoms with Gasteiger partial charge in [0.2, 0.25) is 5.91 Å². The van der Waals surface area contributed by atoms with Gasteiger partial charge in [-0.05, 0) is 42.0 Å². The number of nitrogens with zero attached hydrogens (tertiary/aromatic N) is 1. The smallest absolute Gasteiger partial charge is 0.251 e. The van der Waals surface area contributed by atoms with Gasteiger partial charge in [-0.15, -0.1) is 0 Å². The lowest BCUT2D eigenvalue weighted by Gasteiger charge is -2.17. The molecular weight excluding hydrogens is 333 g/mol. The van der Waals surface area contributed by atoms with Crippen molar-refractivity contribution in [2.75, 3.05) is 6.54 Å². The zero-order valence-corrected chi connectivity index (χ0v) is 14.0. The third-order valence-corrected chi connectivity index (χ3v) is 4.63. The van der Waals surface area contributed by atoms with Crippen molar-refractivity contribution in [3.8, 4) is 0 Å². The fourth-order valence-electron chi connectivity index (χ4n) is 3.34. The van der Waals surface area contributed by atoms with E-state index >= 15 is 0 Å². The molecule has 2 heterocycles. The number of rotatable bonds is 4. The largest absolute Gasteiger partial charge is 0.361 e. The molecule has 2 N–H and O–H groups in total. The summed E-state index contributed by atoms with van der Waals surface area (Å²) in [5.74, 6) is -0.557. The monoisotopic (exact) mass is 351 g/mol. The molecule has 2 amide bonds. The number of halogens is 1. The van der Waals surface area contributed by atoms with Crippen LogP contribution in [0.1, 0.15) is 22.3 Å². The molecule has 0 radical (unpaired) electrons. The molecule has 26 heavy (non-hydrogen) atoms. The Labute approximate surface area is 149 Å². The Morgan fingerprint density at radius 3 is 2.96 bits per heavy atom. The standard InChI is InChI=1S/C20H18FN3O2/c21-16-3-1-2-13(8-16)11-24-12-17(10-19(24)25)23-20(26)15-4-5-18-14(9-15)6-7-22-18/h1-9,17,22H,10-12H2,(H,23,26). The van der Waals surface area contributed by atoms with Crippen LogP contribution >= 0.6 is 0 Å². The maximum absolute atomic E-state index is 13.3. The second kappa shape index (κ2) is 6.63. The highest BCUT2D eigenvalue weighted by Crippen LogP contribution is 2.18. The number of amides is 2. The van der Waals surface area contributed by atoms with E-state index in [1.807, 2.05) is 24.4 Å². The molecule has 1 saturated heterocycles. The maximum atomic E-state index is 13.3. The Hall–Kier alpha value is -3.15. The fourth-order valence-corrected chi connectivity index (χ4v) is 3.34. The van der Waals surface area contributed by atoms with Crippen molar-refractivity contribution in [2.24, 2.45) is 0 Å². The van der Waals surface area contributed by atoms with Gasteiger partial charge in [0.05, 0.1) is 6.04 Å². The lowest BCUT2D eigenvalue weighted by molar-refractivity contribution is -0.128.